The second-order valence-electron chi connectivity index (χ2n) is 4.56. The molecular weight excluding hydrogens is 358 g/mol. The van der Waals surface area contributed by atoms with Crippen molar-refractivity contribution in [2.75, 3.05) is 4.72 Å². The fraction of sp³-hybridized carbons (Fsp3) is 0.308. The number of phenolic OH excluding ortho intramolecular Hbond substituents is 1. The molecule has 21 heavy (non-hydrogen) atoms. The van der Waals surface area contributed by atoms with Crippen molar-refractivity contribution in [2.24, 2.45) is 0 Å². The van der Waals surface area contributed by atoms with E-state index in [0.717, 1.165) is 6.42 Å². The van der Waals surface area contributed by atoms with Gasteiger partial charge < -0.3 is 9.67 Å². The maximum atomic E-state index is 12.3. The number of anilines is 1. The van der Waals surface area contributed by atoms with Crippen LogP contribution in [0.5, 0.6) is 5.75 Å². The van der Waals surface area contributed by atoms with Crippen LogP contribution in [0.4, 0.5) is 5.69 Å². The van der Waals surface area contributed by atoms with E-state index in [1.54, 1.807) is 23.6 Å². The number of nitrogens with one attached hydrogen (secondary N) is 1. The zero-order valence-corrected chi connectivity index (χ0v) is 14.1. The lowest BCUT2D eigenvalue weighted by Gasteiger charge is -2.08. The molecule has 0 bridgehead atoms. The van der Waals surface area contributed by atoms with Crippen LogP contribution in [-0.4, -0.2) is 23.1 Å². The first-order valence-corrected chi connectivity index (χ1v) is 8.67. The van der Waals surface area contributed by atoms with Gasteiger partial charge in [0.05, 0.1) is 10.2 Å². The first kappa shape index (κ1) is 15.8. The topological polar surface area (TPSA) is 84.2 Å². The Kier molecular flexibility index (Phi) is 4.58. The van der Waals surface area contributed by atoms with Crippen molar-refractivity contribution >= 4 is 31.6 Å². The minimum atomic E-state index is -3.84. The second-order valence-corrected chi connectivity index (χ2v) is 7.04. The van der Waals surface area contributed by atoms with E-state index in [1.165, 1.54) is 12.3 Å². The molecule has 8 heteroatoms. The summed E-state index contributed by atoms with van der Waals surface area (Å²) in [6.07, 6.45) is 2.38. The molecule has 1 heterocycles. The first-order valence-electron chi connectivity index (χ1n) is 6.39. The van der Waals surface area contributed by atoms with Gasteiger partial charge in [-0.2, -0.15) is 8.42 Å². The normalized spacial score (nSPS) is 11.6. The Hall–Kier alpha value is -1.54. The summed E-state index contributed by atoms with van der Waals surface area (Å²) < 4.78 is 29.2. The smallest absolute Gasteiger partial charge is 0.281 e. The maximum absolute atomic E-state index is 12.3. The van der Waals surface area contributed by atoms with E-state index < -0.39 is 10.0 Å². The predicted molar refractivity (Wildman–Crippen MR) is 83.9 cm³/mol. The molecule has 2 aromatic rings. The summed E-state index contributed by atoms with van der Waals surface area (Å²) in [5.41, 5.74) is 0.104. The van der Waals surface area contributed by atoms with Crippen molar-refractivity contribution in [3.8, 4) is 5.75 Å². The van der Waals surface area contributed by atoms with Gasteiger partial charge in [0.25, 0.3) is 10.0 Å². The van der Waals surface area contributed by atoms with Gasteiger partial charge in [-0.1, -0.05) is 13.0 Å². The lowest BCUT2D eigenvalue weighted by Crippen LogP contribution is -2.13. The molecule has 1 aromatic heterocycles. The van der Waals surface area contributed by atoms with E-state index in [9.17, 15) is 13.5 Å². The standard InChI is InChI=1S/C13H16BrN3O3S/c1-3-7-17-8-12(15-9(17)2)21(19,20)16-11-6-4-5-10(14)13(11)18/h4-6,8,16,18H,3,7H2,1-2H3. The highest BCUT2D eigenvalue weighted by atomic mass is 79.9. The number of imidazole rings is 1. The molecule has 1 aromatic carbocycles. The molecular formula is C13H16BrN3O3S. The van der Waals surface area contributed by atoms with Gasteiger partial charge in [0, 0.05) is 12.7 Å². The highest BCUT2D eigenvalue weighted by molar-refractivity contribution is 9.10. The number of rotatable bonds is 5. The van der Waals surface area contributed by atoms with Crippen LogP contribution in [0.3, 0.4) is 0 Å². The summed E-state index contributed by atoms with van der Waals surface area (Å²) >= 11 is 3.14. The molecule has 0 atom stereocenters. The van der Waals surface area contributed by atoms with Gasteiger partial charge in [-0.3, -0.25) is 4.72 Å². The van der Waals surface area contributed by atoms with Crippen molar-refractivity contribution in [2.45, 2.75) is 31.8 Å². The fourth-order valence-electron chi connectivity index (χ4n) is 1.87. The molecule has 0 aliphatic carbocycles. The lowest BCUT2D eigenvalue weighted by molar-refractivity contribution is 0.474. The Balaban J connectivity index is 2.34. The largest absolute Gasteiger partial charge is 0.505 e. The van der Waals surface area contributed by atoms with Crippen molar-refractivity contribution in [3.05, 3.63) is 34.7 Å². The van der Waals surface area contributed by atoms with Crippen molar-refractivity contribution in [1.29, 1.82) is 0 Å². The van der Waals surface area contributed by atoms with E-state index >= 15 is 0 Å². The third-order valence-electron chi connectivity index (χ3n) is 2.92. The van der Waals surface area contributed by atoms with Gasteiger partial charge in [0.1, 0.15) is 5.82 Å². The van der Waals surface area contributed by atoms with Gasteiger partial charge >= 0.3 is 0 Å². The first-order chi connectivity index (χ1) is 9.85. The Bertz CT molecular complexity index is 756. The zero-order chi connectivity index (χ0) is 15.6. The lowest BCUT2D eigenvalue weighted by atomic mass is 10.3. The number of nitrogens with zero attached hydrogens (tertiary/aromatic N) is 2. The Morgan fingerprint density at radius 3 is 2.81 bits per heavy atom. The van der Waals surface area contributed by atoms with Crippen molar-refractivity contribution < 1.29 is 13.5 Å². The minimum absolute atomic E-state index is 0.0622. The van der Waals surface area contributed by atoms with Crippen molar-refractivity contribution in [1.82, 2.24) is 9.55 Å². The Labute approximate surface area is 132 Å². The SMILES string of the molecule is CCCn1cc(S(=O)(=O)Nc2cccc(Br)c2O)nc1C. The van der Waals surface area contributed by atoms with Gasteiger partial charge in [0.2, 0.25) is 0 Å². The highest BCUT2D eigenvalue weighted by Crippen LogP contribution is 2.32. The quantitative estimate of drug-likeness (QED) is 0.789. The monoisotopic (exact) mass is 373 g/mol. The fourth-order valence-corrected chi connectivity index (χ4v) is 3.31. The molecule has 6 nitrogen and oxygen atoms in total. The molecule has 0 aliphatic rings. The Morgan fingerprint density at radius 2 is 2.14 bits per heavy atom. The van der Waals surface area contributed by atoms with E-state index in [1.807, 2.05) is 6.92 Å². The molecule has 0 spiro atoms. The average Bonchev–Trinajstić information content (AvgIpc) is 2.78. The molecule has 0 fully saturated rings. The number of aromatic hydroxyl groups is 1. The number of benzene rings is 1. The van der Waals surface area contributed by atoms with Gasteiger partial charge in [-0.05, 0) is 41.4 Å². The number of halogens is 1. The van der Waals surface area contributed by atoms with Crippen LogP contribution in [-0.2, 0) is 16.6 Å². The van der Waals surface area contributed by atoms with Crippen LogP contribution in [0.25, 0.3) is 0 Å². The third-order valence-corrected chi connectivity index (χ3v) is 4.80. The van der Waals surface area contributed by atoms with E-state index in [4.69, 9.17) is 0 Å². The number of para-hydroxylation sites is 1. The molecule has 0 saturated carbocycles. The Morgan fingerprint density at radius 1 is 1.43 bits per heavy atom. The summed E-state index contributed by atoms with van der Waals surface area (Å²) in [5, 5.41) is 9.79. The molecule has 0 radical (unpaired) electrons. The minimum Gasteiger partial charge on any atom is -0.505 e. The second kappa shape index (κ2) is 6.07. The summed E-state index contributed by atoms with van der Waals surface area (Å²) in [4.78, 5) is 4.07. The van der Waals surface area contributed by atoms with E-state index in [-0.39, 0.29) is 16.5 Å². The number of aryl methyl sites for hydroxylation is 2. The molecule has 2 rings (SSSR count). The summed E-state index contributed by atoms with van der Waals surface area (Å²) in [7, 11) is -3.84. The molecule has 0 amide bonds. The van der Waals surface area contributed by atoms with Crippen LogP contribution < -0.4 is 4.72 Å². The van der Waals surface area contributed by atoms with Crippen LogP contribution in [0, 0.1) is 6.92 Å². The van der Waals surface area contributed by atoms with E-state index in [0.29, 0.717) is 16.8 Å². The predicted octanol–water partition coefficient (Wildman–Crippen LogP) is 2.87. The van der Waals surface area contributed by atoms with Crippen LogP contribution in [0.1, 0.15) is 19.2 Å². The molecule has 0 saturated heterocycles. The number of hydrogen-bond donors (Lipinski definition) is 2. The number of aromatic nitrogens is 2. The average molecular weight is 374 g/mol. The van der Waals surface area contributed by atoms with Gasteiger partial charge in [-0.15, -0.1) is 0 Å². The molecule has 114 valence electrons. The highest BCUT2D eigenvalue weighted by Gasteiger charge is 2.21. The van der Waals surface area contributed by atoms with Gasteiger partial charge in [-0.25, -0.2) is 4.98 Å². The summed E-state index contributed by atoms with van der Waals surface area (Å²) in [6, 6.07) is 4.73. The number of phenols is 1. The van der Waals surface area contributed by atoms with Gasteiger partial charge in [0.15, 0.2) is 10.8 Å². The molecule has 2 N–H and O–H groups in total. The van der Waals surface area contributed by atoms with Crippen LogP contribution in [0.15, 0.2) is 33.9 Å². The molecule has 0 unspecified atom stereocenters. The third kappa shape index (κ3) is 3.38. The summed E-state index contributed by atoms with van der Waals surface area (Å²) in [6.45, 7) is 4.47. The summed E-state index contributed by atoms with van der Waals surface area (Å²) in [5.74, 6) is 0.474. The van der Waals surface area contributed by atoms with E-state index in [2.05, 4.69) is 25.6 Å². The van der Waals surface area contributed by atoms with Crippen LogP contribution >= 0.6 is 15.9 Å². The molecule has 0 aliphatic heterocycles. The number of hydrogen-bond acceptors (Lipinski definition) is 4. The number of sulfonamides is 1. The maximum Gasteiger partial charge on any atom is 0.281 e. The van der Waals surface area contributed by atoms with Crippen molar-refractivity contribution in [3.63, 3.8) is 0 Å². The zero-order valence-electron chi connectivity index (χ0n) is 11.7. The van der Waals surface area contributed by atoms with Crippen LogP contribution in [0.2, 0.25) is 0 Å².